The number of halogens is 1. The van der Waals surface area contributed by atoms with Crippen molar-refractivity contribution in [1.29, 1.82) is 0 Å². The van der Waals surface area contributed by atoms with Gasteiger partial charge >= 0.3 is 0 Å². The van der Waals surface area contributed by atoms with Gasteiger partial charge in [0.2, 0.25) is 0 Å². The molecule has 0 spiro atoms. The van der Waals surface area contributed by atoms with E-state index in [2.05, 4.69) is 54.8 Å². The Labute approximate surface area is 99.5 Å². The van der Waals surface area contributed by atoms with Gasteiger partial charge in [-0.05, 0) is 41.1 Å². The Morgan fingerprint density at radius 1 is 1.57 bits per heavy atom. The summed E-state index contributed by atoms with van der Waals surface area (Å²) in [6.45, 7) is 6.60. The monoisotopic (exact) mass is 304 g/mol. The minimum absolute atomic E-state index is 0.130. The summed E-state index contributed by atoms with van der Waals surface area (Å²) < 4.78 is 0.359. The summed E-state index contributed by atoms with van der Waals surface area (Å²) in [5, 5.41) is 3.25. The highest BCUT2D eigenvalue weighted by molar-refractivity contribution is 14.1. The van der Waals surface area contributed by atoms with Crippen molar-refractivity contribution in [3.05, 3.63) is 35.7 Å². The maximum absolute atomic E-state index is 5.48. The maximum atomic E-state index is 5.48. The van der Waals surface area contributed by atoms with Gasteiger partial charge in [0.25, 0.3) is 0 Å². The SMILES string of the molecule is CC(C)(C)C(/C=C\N)=C1\C=CNC1I. The minimum atomic E-state index is 0.130. The molecule has 1 unspecified atom stereocenters. The van der Waals surface area contributed by atoms with Crippen molar-refractivity contribution in [1.82, 2.24) is 5.32 Å². The van der Waals surface area contributed by atoms with Gasteiger partial charge in [0.15, 0.2) is 0 Å². The summed E-state index contributed by atoms with van der Waals surface area (Å²) in [5.74, 6) is 0. The van der Waals surface area contributed by atoms with Gasteiger partial charge in [0, 0.05) is 0 Å². The fourth-order valence-corrected chi connectivity index (χ4v) is 2.25. The molecule has 0 saturated heterocycles. The normalized spacial score (nSPS) is 25.6. The second kappa shape index (κ2) is 4.38. The lowest BCUT2D eigenvalue weighted by molar-refractivity contribution is 0.512. The Balaban J connectivity index is 3.15. The zero-order chi connectivity index (χ0) is 10.8. The van der Waals surface area contributed by atoms with E-state index in [0.717, 1.165) is 0 Å². The smallest absolute Gasteiger partial charge is 0.104 e. The van der Waals surface area contributed by atoms with Crippen molar-refractivity contribution >= 4 is 22.6 Å². The van der Waals surface area contributed by atoms with Gasteiger partial charge in [0.1, 0.15) is 4.05 Å². The quantitative estimate of drug-likeness (QED) is 0.444. The molecular weight excluding hydrogens is 287 g/mol. The summed E-state index contributed by atoms with van der Waals surface area (Å²) >= 11 is 2.38. The van der Waals surface area contributed by atoms with Crippen molar-refractivity contribution in [2.75, 3.05) is 0 Å². The Morgan fingerprint density at radius 2 is 2.21 bits per heavy atom. The van der Waals surface area contributed by atoms with Crippen LogP contribution in [0.4, 0.5) is 0 Å². The van der Waals surface area contributed by atoms with Crippen LogP contribution in [-0.2, 0) is 0 Å². The first-order valence-corrected chi connectivity index (χ1v) is 5.91. The van der Waals surface area contributed by atoms with Gasteiger partial charge in [-0.2, -0.15) is 0 Å². The molecule has 0 aromatic rings. The first kappa shape index (κ1) is 11.6. The summed E-state index contributed by atoms with van der Waals surface area (Å²) in [6.07, 6.45) is 7.72. The van der Waals surface area contributed by atoms with E-state index in [9.17, 15) is 0 Å². The molecule has 0 fully saturated rings. The van der Waals surface area contributed by atoms with Crippen LogP contribution in [0.15, 0.2) is 35.7 Å². The fourth-order valence-electron chi connectivity index (χ4n) is 1.50. The lowest BCUT2D eigenvalue weighted by Gasteiger charge is -2.23. The molecule has 3 N–H and O–H groups in total. The fraction of sp³-hybridized carbons (Fsp3) is 0.455. The van der Waals surface area contributed by atoms with Crippen molar-refractivity contribution in [2.45, 2.75) is 24.8 Å². The standard InChI is InChI=1S/C11H17IN2/c1-11(2,3)9(4-6-13)8-5-7-14-10(8)12/h4-7,10,14H,13H2,1-3H3/b6-4-,9-8+. The van der Waals surface area contributed by atoms with E-state index in [1.807, 2.05) is 12.3 Å². The predicted molar refractivity (Wildman–Crippen MR) is 69.9 cm³/mol. The van der Waals surface area contributed by atoms with E-state index >= 15 is 0 Å². The number of hydrogen-bond donors (Lipinski definition) is 2. The van der Waals surface area contributed by atoms with Crippen molar-refractivity contribution < 1.29 is 0 Å². The van der Waals surface area contributed by atoms with Gasteiger partial charge in [0.05, 0.1) is 0 Å². The van der Waals surface area contributed by atoms with Crippen LogP contribution >= 0.6 is 22.6 Å². The molecule has 1 aliphatic rings. The largest absolute Gasteiger partial charge is 0.405 e. The second-order valence-corrected chi connectivity index (χ2v) is 5.59. The Kier molecular flexibility index (Phi) is 3.64. The summed E-state index contributed by atoms with van der Waals surface area (Å²) in [6, 6.07) is 0. The summed E-state index contributed by atoms with van der Waals surface area (Å²) in [4.78, 5) is 0. The zero-order valence-electron chi connectivity index (χ0n) is 8.84. The van der Waals surface area contributed by atoms with Crippen LogP contribution in [0.25, 0.3) is 0 Å². The number of nitrogens with two attached hydrogens (primary N) is 1. The van der Waals surface area contributed by atoms with Crippen LogP contribution in [0.1, 0.15) is 20.8 Å². The van der Waals surface area contributed by atoms with E-state index in [-0.39, 0.29) is 5.41 Å². The molecule has 78 valence electrons. The number of nitrogens with one attached hydrogen (secondary N) is 1. The molecule has 1 rings (SSSR count). The molecule has 0 aliphatic carbocycles. The topological polar surface area (TPSA) is 38.0 Å². The third-order valence-corrected chi connectivity index (χ3v) is 3.19. The number of hydrogen-bond acceptors (Lipinski definition) is 2. The molecule has 1 aliphatic heterocycles. The molecular formula is C11H17IN2. The molecule has 14 heavy (non-hydrogen) atoms. The molecule has 0 aromatic heterocycles. The minimum Gasteiger partial charge on any atom is -0.405 e. The Hall–Kier alpha value is -0.450. The molecule has 0 amide bonds. The molecule has 0 radical (unpaired) electrons. The van der Waals surface area contributed by atoms with Crippen LogP contribution in [0.3, 0.4) is 0 Å². The van der Waals surface area contributed by atoms with E-state index < -0.39 is 0 Å². The highest BCUT2D eigenvalue weighted by Crippen LogP contribution is 2.33. The lowest BCUT2D eigenvalue weighted by atomic mass is 9.83. The van der Waals surface area contributed by atoms with Crippen LogP contribution < -0.4 is 11.1 Å². The average molecular weight is 304 g/mol. The number of alkyl halides is 1. The lowest BCUT2D eigenvalue weighted by Crippen LogP contribution is -2.18. The third-order valence-electron chi connectivity index (χ3n) is 2.16. The van der Waals surface area contributed by atoms with Crippen molar-refractivity contribution in [3.8, 4) is 0 Å². The molecule has 3 heteroatoms. The maximum Gasteiger partial charge on any atom is 0.104 e. The Bertz CT molecular complexity index is 295. The van der Waals surface area contributed by atoms with E-state index in [1.165, 1.54) is 11.1 Å². The summed E-state index contributed by atoms with van der Waals surface area (Å²) in [7, 11) is 0. The van der Waals surface area contributed by atoms with E-state index in [0.29, 0.717) is 4.05 Å². The van der Waals surface area contributed by atoms with Crippen LogP contribution in [0.2, 0.25) is 0 Å². The Morgan fingerprint density at radius 3 is 2.57 bits per heavy atom. The van der Waals surface area contributed by atoms with Crippen molar-refractivity contribution in [2.24, 2.45) is 11.1 Å². The third kappa shape index (κ3) is 2.53. The van der Waals surface area contributed by atoms with Gasteiger partial charge in [-0.25, -0.2) is 0 Å². The molecule has 1 heterocycles. The van der Waals surface area contributed by atoms with Gasteiger partial charge in [-0.1, -0.05) is 43.4 Å². The first-order chi connectivity index (χ1) is 6.46. The predicted octanol–water partition coefficient (Wildman–Crippen LogP) is 2.68. The zero-order valence-corrected chi connectivity index (χ0v) is 11.0. The molecule has 0 saturated carbocycles. The van der Waals surface area contributed by atoms with Gasteiger partial charge < -0.3 is 11.1 Å². The van der Waals surface area contributed by atoms with Crippen LogP contribution in [0.5, 0.6) is 0 Å². The number of allylic oxidation sites excluding steroid dienone is 2. The second-order valence-electron chi connectivity index (χ2n) is 4.34. The highest BCUT2D eigenvalue weighted by atomic mass is 127. The summed E-state index contributed by atoms with van der Waals surface area (Å²) in [5.41, 5.74) is 8.22. The van der Waals surface area contributed by atoms with Crippen LogP contribution in [0, 0.1) is 5.41 Å². The average Bonchev–Trinajstić information content (AvgIpc) is 2.45. The molecule has 0 bridgehead atoms. The molecule has 1 atom stereocenters. The molecule has 2 nitrogen and oxygen atoms in total. The van der Waals surface area contributed by atoms with Crippen LogP contribution in [-0.4, -0.2) is 4.05 Å². The van der Waals surface area contributed by atoms with Gasteiger partial charge in [-0.15, -0.1) is 0 Å². The van der Waals surface area contributed by atoms with Crippen molar-refractivity contribution in [3.63, 3.8) is 0 Å². The highest BCUT2D eigenvalue weighted by Gasteiger charge is 2.23. The number of rotatable bonds is 1. The molecule has 0 aromatic carbocycles. The van der Waals surface area contributed by atoms with E-state index in [4.69, 9.17) is 5.73 Å². The van der Waals surface area contributed by atoms with E-state index in [1.54, 1.807) is 6.20 Å². The van der Waals surface area contributed by atoms with Gasteiger partial charge in [-0.3, -0.25) is 0 Å². The first-order valence-electron chi connectivity index (χ1n) is 4.66.